The zero-order chi connectivity index (χ0) is 13.2. The fourth-order valence-electron chi connectivity index (χ4n) is 0.967. The van der Waals surface area contributed by atoms with Crippen LogP contribution in [0.15, 0.2) is 11.4 Å². The van der Waals surface area contributed by atoms with Gasteiger partial charge >= 0.3 is 12.1 Å². The molecule has 0 atom stereocenters. The van der Waals surface area contributed by atoms with Gasteiger partial charge in [0.1, 0.15) is 17.0 Å². The van der Waals surface area contributed by atoms with Crippen LogP contribution in [0.25, 0.3) is 0 Å². The van der Waals surface area contributed by atoms with E-state index in [1.807, 2.05) is 0 Å². The summed E-state index contributed by atoms with van der Waals surface area (Å²) in [5.41, 5.74) is 9.81. The van der Waals surface area contributed by atoms with Crippen molar-refractivity contribution in [3.63, 3.8) is 0 Å². The van der Waals surface area contributed by atoms with Crippen molar-refractivity contribution in [1.82, 2.24) is 9.97 Å². The summed E-state index contributed by atoms with van der Waals surface area (Å²) >= 11 is 3.95. The number of nitrogens with zero attached hydrogens (tertiary/aromatic N) is 4. The number of anilines is 2. The number of urea groups is 2. The molecule has 0 bridgehead atoms. The molecule has 8 N–H and O–H groups in total. The molecular weight excluding hydrogens is 248 g/mol. The lowest BCUT2D eigenvalue weighted by atomic mass is 10.4. The fraction of sp³-hybridized carbons (Fsp3) is 0. The van der Waals surface area contributed by atoms with Crippen molar-refractivity contribution in [2.75, 3.05) is 10.0 Å². The highest BCUT2D eigenvalue weighted by atomic mass is 32.1. The molecule has 92 valence electrons. The standard InChI is InChI=1S/C6H10N8O2S/c7-5(15)13(9)2-3(14(10)6(8)16)11-1-12-4(2)17/h1H,9-10H2,(H2,7,15)(H2,8,16)(H,11,12,17). The van der Waals surface area contributed by atoms with Crippen molar-refractivity contribution < 1.29 is 9.59 Å². The molecule has 1 heterocycles. The number of carbonyl (C=O) groups is 2. The van der Waals surface area contributed by atoms with Gasteiger partial charge in [0.2, 0.25) is 0 Å². The van der Waals surface area contributed by atoms with E-state index < -0.39 is 12.1 Å². The second kappa shape index (κ2) is 4.82. The Morgan fingerprint density at radius 1 is 1.12 bits per heavy atom. The van der Waals surface area contributed by atoms with Gasteiger partial charge in [0.25, 0.3) is 0 Å². The van der Waals surface area contributed by atoms with Crippen molar-refractivity contribution >= 4 is 36.2 Å². The fourth-order valence-corrected chi connectivity index (χ4v) is 1.23. The number of nitrogens with two attached hydrogens (primary N) is 4. The van der Waals surface area contributed by atoms with Crippen LogP contribution in [-0.2, 0) is 0 Å². The normalized spacial score (nSPS) is 9.82. The molecule has 0 fully saturated rings. The Morgan fingerprint density at radius 3 is 2.12 bits per heavy atom. The van der Waals surface area contributed by atoms with Gasteiger partial charge in [0.05, 0.1) is 0 Å². The van der Waals surface area contributed by atoms with E-state index >= 15 is 0 Å². The topological polar surface area (TPSA) is 170 Å². The van der Waals surface area contributed by atoms with E-state index in [0.717, 1.165) is 6.33 Å². The smallest absolute Gasteiger partial charge is 0.335 e. The Kier molecular flexibility index (Phi) is 3.67. The molecule has 0 aliphatic rings. The lowest BCUT2D eigenvalue weighted by Gasteiger charge is -2.21. The molecule has 11 heteroatoms. The predicted molar refractivity (Wildman–Crippen MR) is 61.8 cm³/mol. The molecule has 0 aliphatic heterocycles. The van der Waals surface area contributed by atoms with Gasteiger partial charge < -0.3 is 11.5 Å². The summed E-state index contributed by atoms with van der Waals surface area (Å²) in [5, 5.41) is 0.994. The summed E-state index contributed by atoms with van der Waals surface area (Å²) in [5.74, 6) is 10.5. The second-order valence-electron chi connectivity index (χ2n) is 2.79. The van der Waals surface area contributed by atoms with Gasteiger partial charge in [-0.3, -0.25) is 0 Å². The van der Waals surface area contributed by atoms with Crippen LogP contribution in [0.1, 0.15) is 0 Å². The van der Waals surface area contributed by atoms with Gasteiger partial charge in [-0.2, -0.15) is 0 Å². The molecule has 0 radical (unpaired) electrons. The third kappa shape index (κ3) is 2.52. The molecule has 0 unspecified atom stereocenters. The van der Waals surface area contributed by atoms with E-state index in [2.05, 4.69) is 22.6 Å². The predicted octanol–water partition coefficient (Wildman–Crippen LogP) is -1.72. The van der Waals surface area contributed by atoms with Crippen LogP contribution in [0.5, 0.6) is 0 Å². The van der Waals surface area contributed by atoms with E-state index in [-0.39, 0.29) is 16.5 Å². The van der Waals surface area contributed by atoms with Crippen LogP contribution < -0.4 is 33.2 Å². The largest absolute Gasteiger partial charge is 0.350 e. The average molecular weight is 258 g/mol. The van der Waals surface area contributed by atoms with E-state index in [0.29, 0.717) is 10.0 Å². The number of thiol groups is 1. The van der Waals surface area contributed by atoms with Gasteiger partial charge in [-0.1, -0.05) is 0 Å². The molecule has 0 saturated carbocycles. The first kappa shape index (κ1) is 13.0. The molecule has 17 heavy (non-hydrogen) atoms. The molecule has 1 rings (SSSR count). The Hall–Kier alpha value is -2.11. The molecule has 0 aliphatic carbocycles. The van der Waals surface area contributed by atoms with E-state index in [1.165, 1.54) is 0 Å². The van der Waals surface area contributed by atoms with Crippen LogP contribution in [0.4, 0.5) is 21.1 Å². The first-order valence-electron chi connectivity index (χ1n) is 4.08. The van der Waals surface area contributed by atoms with Gasteiger partial charge in [-0.05, 0) is 0 Å². The van der Waals surface area contributed by atoms with Gasteiger partial charge in [-0.25, -0.2) is 41.3 Å². The monoisotopic (exact) mass is 258 g/mol. The number of hydrogen-bond donors (Lipinski definition) is 5. The van der Waals surface area contributed by atoms with Crippen LogP contribution in [0, 0.1) is 0 Å². The van der Waals surface area contributed by atoms with Crippen molar-refractivity contribution in [2.45, 2.75) is 5.03 Å². The van der Waals surface area contributed by atoms with Crippen LogP contribution in [0.3, 0.4) is 0 Å². The number of hydrogen-bond acceptors (Lipinski definition) is 7. The minimum atomic E-state index is -1.01. The Balaban J connectivity index is 3.36. The Bertz CT molecular complexity index is 465. The minimum Gasteiger partial charge on any atom is -0.350 e. The molecule has 1 aromatic rings. The summed E-state index contributed by atoms with van der Waals surface area (Å²) < 4.78 is 0. The maximum atomic E-state index is 11.0. The van der Waals surface area contributed by atoms with Gasteiger partial charge in [0.15, 0.2) is 5.82 Å². The molecule has 0 spiro atoms. The highest BCUT2D eigenvalue weighted by Crippen LogP contribution is 2.28. The van der Waals surface area contributed by atoms with Crippen LogP contribution in [0.2, 0.25) is 0 Å². The summed E-state index contributed by atoms with van der Waals surface area (Å²) in [6, 6.07) is -2.01. The lowest BCUT2D eigenvalue weighted by Crippen LogP contribution is -2.46. The first-order chi connectivity index (χ1) is 7.86. The number of amides is 4. The SMILES string of the molecule is NC(=O)N(N)c1ncnc(S)c1N(N)C(N)=O. The Morgan fingerprint density at radius 2 is 1.65 bits per heavy atom. The molecule has 0 saturated heterocycles. The molecular formula is C6H10N8O2S. The number of rotatable bonds is 2. The third-order valence-corrected chi connectivity index (χ3v) is 2.05. The highest BCUT2D eigenvalue weighted by Gasteiger charge is 2.23. The maximum Gasteiger partial charge on any atom is 0.335 e. The van der Waals surface area contributed by atoms with Gasteiger partial charge in [-0.15, -0.1) is 12.6 Å². The van der Waals surface area contributed by atoms with E-state index in [9.17, 15) is 9.59 Å². The first-order valence-corrected chi connectivity index (χ1v) is 4.53. The Labute approximate surface area is 101 Å². The summed E-state index contributed by atoms with van der Waals surface area (Å²) in [6.07, 6.45) is 1.07. The molecule has 1 aromatic heterocycles. The average Bonchev–Trinajstić information content (AvgIpc) is 2.26. The maximum absolute atomic E-state index is 11.0. The number of hydrazine groups is 2. The molecule has 0 aromatic carbocycles. The second-order valence-corrected chi connectivity index (χ2v) is 3.21. The number of aromatic nitrogens is 2. The number of primary amides is 2. The summed E-state index contributed by atoms with van der Waals surface area (Å²) in [7, 11) is 0. The van der Waals surface area contributed by atoms with Crippen molar-refractivity contribution in [2.24, 2.45) is 23.2 Å². The number of carbonyl (C=O) groups excluding carboxylic acids is 2. The zero-order valence-corrected chi connectivity index (χ0v) is 9.33. The lowest BCUT2D eigenvalue weighted by molar-refractivity contribution is 0.252. The van der Waals surface area contributed by atoms with Crippen molar-refractivity contribution in [3.8, 4) is 0 Å². The van der Waals surface area contributed by atoms with E-state index in [4.69, 9.17) is 23.2 Å². The van der Waals surface area contributed by atoms with Crippen LogP contribution in [-0.4, -0.2) is 22.0 Å². The van der Waals surface area contributed by atoms with Gasteiger partial charge in [0, 0.05) is 0 Å². The van der Waals surface area contributed by atoms with Crippen molar-refractivity contribution in [1.29, 1.82) is 0 Å². The van der Waals surface area contributed by atoms with E-state index in [1.54, 1.807) is 0 Å². The third-order valence-electron chi connectivity index (χ3n) is 1.73. The summed E-state index contributed by atoms with van der Waals surface area (Å²) in [6.45, 7) is 0. The highest BCUT2D eigenvalue weighted by molar-refractivity contribution is 7.80. The molecule has 4 amide bonds. The zero-order valence-electron chi connectivity index (χ0n) is 8.44. The van der Waals surface area contributed by atoms with Crippen molar-refractivity contribution in [3.05, 3.63) is 6.33 Å². The van der Waals surface area contributed by atoms with Crippen LogP contribution >= 0.6 is 12.6 Å². The molecule has 10 nitrogen and oxygen atoms in total. The summed E-state index contributed by atoms with van der Waals surface area (Å²) in [4.78, 5) is 29.2. The quantitative estimate of drug-likeness (QED) is 0.139. The minimum absolute atomic E-state index is 0.00741.